The molecule has 0 atom stereocenters. The van der Waals surface area contributed by atoms with Crippen molar-refractivity contribution in [2.75, 3.05) is 0 Å². The lowest BCUT2D eigenvalue weighted by atomic mass is 10.1. The zero-order chi connectivity index (χ0) is 9.97. The molecule has 1 aromatic carbocycles. The summed E-state index contributed by atoms with van der Waals surface area (Å²) in [6.45, 7) is 2.00. The molecule has 0 amide bonds. The van der Waals surface area contributed by atoms with Crippen LogP contribution in [0.5, 0.6) is 0 Å². The van der Waals surface area contributed by atoms with Gasteiger partial charge in [-0.15, -0.1) is 0 Å². The number of rotatable bonds is 2. The van der Waals surface area contributed by atoms with Crippen molar-refractivity contribution >= 4 is 0 Å². The molecule has 0 bridgehead atoms. The summed E-state index contributed by atoms with van der Waals surface area (Å²) in [5.41, 5.74) is 1.91. The van der Waals surface area contributed by atoms with E-state index in [0.29, 0.717) is 0 Å². The Morgan fingerprint density at radius 2 is 2.29 bits per heavy atom. The van der Waals surface area contributed by atoms with Crippen molar-refractivity contribution in [2.24, 2.45) is 0 Å². The average molecular weight is 190 g/mol. The Kier molecular flexibility index (Phi) is 2.31. The van der Waals surface area contributed by atoms with E-state index in [9.17, 15) is 4.39 Å². The highest BCUT2D eigenvalue weighted by molar-refractivity contribution is 5.40. The van der Waals surface area contributed by atoms with Gasteiger partial charge in [0.15, 0.2) is 0 Å². The summed E-state index contributed by atoms with van der Waals surface area (Å²) in [6.07, 6.45) is 4.36. The molecule has 0 aliphatic rings. The Balaban J connectivity index is 2.53. The molecule has 14 heavy (non-hydrogen) atoms. The van der Waals surface area contributed by atoms with Gasteiger partial charge in [0.2, 0.25) is 0 Å². The second-order valence-electron chi connectivity index (χ2n) is 3.08. The van der Waals surface area contributed by atoms with Gasteiger partial charge in [-0.1, -0.05) is 6.92 Å². The van der Waals surface area contributed by atoms with E-state index in [-0.39, 0.29) is 5.82 Å². The van der Waals surface area contributed by atoms with Gasteiger partial charge in [0.1, 0.15) is 5.82 Å². The first-order chi connectivity index (χ1) is 6.81. The predicted molar refractivity (Wildman–Crippen MR) is 52.9 cm³/mol. The van der Waals surface area contributed by atoms with Crippen LogP contribution in [0.4, 0.5) is 4.39 Å². The predicted octanol–water partition coefficient (Wildman–Crippen LogP) is 2.57. The molecule has 3 heteroatoms. The number of halogens is 1. The molecule has 0 N–H and O–H groups in total. The molecule has 2 aromatic rings. The van der Waals surface area contributed by atoms with Crippen LogP contribution < -0.4 is 0 Å². The lowest BCUT2D eigenvalue weighted by Gasteiger charge is -2.07. The van der Waals surface area contributed by atoms with Crippen LogP contribution in [0.1, 0.15) is 12.5 Å². The SMILES string of the molecule is CCc1cc(F)ccc1-n1cccn1. The van der Waals surface area contributed by atoms with Crippen LogP contribution in [0.15, 0.2) is 36.7 Å². The Morgan fingerprint density at radius 3 is 2.93 bits per heavy atom. The fourth-order valence-corrected chi connectivity index (χ4v) is 1.47. The normalized spacial score (nSPS) is 10.4. The van der Waals surface area contributed by atoms with Crippen molar-refractivity contribution in [3.8, 4) is 5.69 Å². The minimum Gasteiger partial charge on any atom is -0.241 e. The summed E-state index contributed by atoms with van der Waals surface area (Å²) in [7, 11) is 0. The van der Waals surface area contributed by atoms with E-state index in [1.54, 1.807) is 23.0 Å². The van der Waals surface area contributed by atoms with E-state index >= 15 is 0 Å². The molecule has 0 unspecified atom stereocenters. The Bertz CT molecular complexity index is 421. The molecular formula is C11H11FN2. The number of aryl methyl sites for hydroxylation is 1. The topological polar surface area (TPSA) is 17.8 Å². The molecule has 0 radical (unpaired) electrons. The molecule has 1 heterocycles. The van der Waals surface area contributed by atoms with Crippen molar-refractivity contribution < 1.29 is 4.39 Å². The molecule has 0 aliphatic heterocycles. The molecule has 0 fully saturated rings. The summed E-state index contributed by atoms with van der Waals surface area (Å²) in [5.74, 6) is -0.197. The first kappa shape index (κ1) is 8.94. The molecule has 2 nitrogen and oxygen atoms in total. The fraction of sp³-hybridized carbons (Fsp3) is 0.182. The molecule has 0 spiro atoms. The quantitative estimate of drug-likeness (QED) is 0.711. The zero-order valence-corrected chi connectivity index (χ0v) is 7.94. The van der Waals surface area contributed by atoms with Crippen molar-refractivity contribution in [3.05, 3.63) is 48.0 Å². The molecule has 0 saturated heterocycles. The summed E-state index contributed by atoms with van der Waals surface area (Å²) in [5, 5.41) is 4.12. The van der Waals surface area contributed by atoms with Gasteiger partial charge in [0, 0.05) is 12.4 Å². The van der Waals surface area contributed by atoms with E-state index in [4.69, 9.17) is 0 Å². The Hall–Kier alpha value is -1.64. The van der Waals surface area contributed by atoms with Crippen LogP contribution in [-0.2, 0) is 6.42 Å². The summed E-state index contributed by atoms with van der Waals surface area (Å²) in [4.78, 5) is 0. The monoisotopic (exact) mass is 190 g/mol. The molecular weight excluding hydrogens is 179 g/mol. The highest BCUT2D eigenvalue weighted by Gasteiger charge is 2.03. The maximum atomic E-state index is 12.9. The molecule has 1 aromatic heterocycles. The van der Waals surface area contributed by atoms with E-state index in [1.807, 2.05) is 19.2 Å². The Labute approximate surface area is 82.0 Å². The largest absolute Gasteiger partial charge is 0.241 e. The lowest BCUT2D eigenvalue weighted by molar-refractivity contribution is 0.624. The van der Waals surface area contributed by atoms with Crippen LogP contribution in [0.25, 0.3) is 5.69 Å². The second kappa shape index (κ2) is 3.62. The molecule has 72 valence electrons. The van der Waals surface area contributed by atoms with Crippen molar-refractivity contribution in [3.63, 3.8) is 0 Å². The van der Waals surface area contributed by atoms with E-state index < -0.39 is 0 Å². The summed E-state index contributed by atoms with van der Waals surface area (Å²) in [6, 6.07) is 6.61. The second-order valence-corrected chi connectivity index (χ2v) is 3.08. The van der Waals surface area contributed by atoms with E-state index in [1.165, 1.54) is 6.07 Å². The first-order valence-electron chi connectivity index (χ1n) is 4.59. The van der Waals surface area contributed by atoms with E-state index in [2.05, 4.69) is 5.10 Å². The number of aromatic nitrogens is 2. The summed E-state index contributed by atoms with van der Waals surface area (Å²) < 4.78 is 14.7. The number of hydrogen-bond donors (Lipinski definition) is 0. The highest BCUT2D eigenvalue weighted by atomic mass is 19.1. The smallest absolute Gasteiger partial charge is 0.123 e. The number of nitrogens with zero attached hydrogens (tertiary/aromatic N) is 2. The summed E-state index contributed by atoms with van der Waals surface area (Å²) >= 11 is 0. The van der Waals surface area contributed by atoms with Crippen LogP contribution >= 0.6 is 0 Å². The van der Waals surface area contributed by atoms with Gasteiger partial charge in [0.05, 0.1) is 5.69 Å². The van der Waals surface area contributed by atoms with Gasteiger partial charge in [0.25, 0.3) is 0 Å². The minimum absolute atomic E-state index is 0.197. The van der Waals surface area contributed by atoms with Crippen molar-refractivity contribution in [1.82, 2.24) is 9.78 Å². The zero-order valence-electron chi connectivity index (χ0n) is 7.94. The third kappa shape index (κ3) is 1.53. The maximum Gasteiger partial charge on any atom is 0.123 e. The van der Waals surface area contributed by atoms with Gasteiger partial charge in [-0.05, 0) is 36.2 Å². The highest BCUT2D eigenvalue weighted by Crippen LogP contribution is 2.15. The standard InChI is InChI=1S/C11H11FN2/c1-2-9-8-10(12)4-5-11(9)14-7-3-6-13-14/h3-8H,2H2,1H3. The molecule has 2 rings (SSSR count). The van der Waals surface area contributed by atoms with Crippen LogP contribution in [0.2, 0.25) is 0 Å². The van der Waals surface area contributed by atoms with Gasteiger partial charge >= 0.3 is 0 Å². The van der Waals surface area contributed by atoms with E-state index in [0.717, 1.165) is 17.7 Å². The van der Waals surface area contributed by atoms with Crippen molar-refractivity contribution in [2.45, 2.75) is 13.3 Å². The minimum atomic E-state index is -0.197. The third-order valence-corrected chi connectivity index (χ3v) is 2.17. The third-order valence-electron chi connectivity index (χ3n) is 2.17. The van der Waals surface area contributed by atoms with Gasteiger partial charge < -0.3 is 0 Å². The van der Waals surface area contributed by atoms with Crippen LogP contribution in [0, 0.1) is 5.82 Å². The van der Waals surface area contributed by atoms with Gasteiger partial charge in [-0.25, -0.2) is 9.07 Å². The lowest BCUT2D eigenvalue weighted by Crippen LogP contribution is -1.99. The first-order valence-corrected chi connectivity index (χ1v) is 4.59. The van der Waals surface area contributed by atoms with Crippen LogP contribution in [0.3, 0.4) is 0 Å². The average Bonchev–Trinajstić information content (AvgIpc) is 2.70. The van der Waals surface area contributed by atoms with Gasteiger partial charge in [-0.2, -0.15) is 5.10 Å². The van der Waals surface area contributed by atoms with Crippen molar-refractivity contribution in [1.29, 1.82) is 0 Å². The molecule has 0 saturated carbocycles. The maximum absolute atomic E-state index is 12.9. The number of hydrogen-bond acceptors (Lipinski definition) is 1. The molecule has 0 aliphatic carbocycles. The van der Waals surface area contributed by atoms with Crippen LogP contribution in [-0.4, -0.2) is 9.78 Å². The van der Waals surface area contributed by atoms with Gasteiger partial charge in [-0.3, -0.25) is 0 Å². The fourth-order valence-electron chi connectivity index (χ4n) is 1.47. The Morgan fingerprint density at radius 1 is 1.43 bits per heavy atom. The number of benzene rings is 1.